The van der Waals surface area contributed by atoms with E-state index in [4.69, 9.17) is 33.9 Å². The van der Waals surface area contributed by atoms with E-state index < -0.39 is 0 Å². The standard InChI is InChI=1S/C18H21Cl2N7S/c1-25-2-4-26(5-3-25)6-7-27-17-15(16(21)22-11-23-17)24-18(27)28-14-9-12(19)8-13(20)10-14/h8-11H,2-7H2,1H3,(H2,21,22,23). The Morgan fingerprint density at radius 1 is 1.04 bits per heavy atom. The Bertz CT molecular complexity index is 965. The summed E-state index contributed by atoms with van der Waals surface area (Å²) in [5, 5.41) is 1.98. The molecule has 28 heavy (non-hydrogen) atoms. The molecule has 1 saturated heterocycles. The van der Waals surface area contributed by atoms with E-state index in [1.165, 1.54) is 18.1 Å². The predicted octanol–water partition coefficient (Wildman–Crippen LogP) is 3.11. The number of rotatable bonds is 5. The number of fused-ring (bicyclic) bond motifs is 1. The first-order valence-electron chi connectivity index (χ1n) is 9.01. The molecule has 0 bridgehead atoms. The number of likely N-dealkylation sites (N-methyl/N-ethyl adjacent to an activating group) is 1. The molecule has 2 aromatic heterocycles. The second-order valence-corrected chi connectivity index (χ2v) is 8.74. The Balaban J connectivity index is 1.63. The van der Waals surface area contributed by atoms with Crippen molar-refractivity contribution >= 4 is 51.9 Å². The summed E-state index contributed by atoms with van der Waals surface area (Å²) in [6.07, 6.45) is 1.48. The van der Waals surface area contributed by atoms with E-state index in [2.05, 4.69) is 31.4 Å². The molecule has 0 amide bonds. The van der Waals surface area contributed by atoms with Gasteiger partial charge in [-0.25, -0.2) is 15.0 Å². The van der Waals surface area contributed by atoms with Gasteiger partial charge in [-0.15, -0.1) is 0 Å². The van der Waals surface area contributed by atoms with Crippen molar-refractivity contribution < 1.29 is 0 Å². The number of nitrogen functional groups attached to an aromatic ring is 1. The Morgan fingerprint density at radius 2 is 1.75 bits per heavy atom. The summed E-state index contributed by atoms with van der Waals surface area (Å²) >= 11 is 13.8. The van der Waals surface area contributed by atoms with Gasteiger partial charge in [0.2, 0.25) is 0 Å². The van der Waals surface area contributed by atoms with Crippen LogP contribution < -0.4 is 5.73 Å². The molecule has 0 radical (unpaired) electrons. The Morgan fingerprint density at radius 3 is 2.46 bits per heavy atom. The highest BCUT2D eigenvalue weighted by Crippen LogP contribution is 2.33. The van der Waals surface area contributed by atoms with E-state index in [0.717, 1.165) is 55.0 Å². The van der Waals surface area contributed by atoms with Gasteiger partial charge in [-0.3, -0.25) is 4.90 Å². The van der Waals surface area contributed by atoms with Crippen molar-refractivity contribution in [1.29, 1.82) is 0 Å². The Kier molecular flexibility index (Phi) is 5.93. The zero-order valence-electron chi connectivity index (χ0n) is 15.5. The maximum atomic E-state index is 6.16. The number of nitrogens with zero attached hydrogens (tertiary/aromatic N) is 6. The van der Waals surface area contributed by atoms with E-state index in [9.17, 15) is 0 Å². The number of nitrogens with two attached hydrogens (primary N) is 1. The summed E-state index contributed by atoms with van der Waals surface area (Å²) in [4.78, 5) is 18.9. The molecule has 10 heteroatoms. The largest absolute Gasteiger partial charge is 0.382 e. The van der Waals surface area contributed by atoms with Crippen molar-refractivity contribution in [2.24, 2.45) is 0 Å². The third-order valence-electron chi connectivity index (χ3n) is 4.81. The number of halogens is 2. The first-order valence-corrected chi connectivity index (χ1v) is 10.6. The quantitative estimate of drug-likeness (QED) is 0.656. The van der Waals surface area contributed by atoms with Gasteiger partial charge < -0.3 is 15.2 Å². The highest BCUT2D eigenvalue weighted by atomic mass is 35.5. The molecule has 1 aliphatic rings. The van der Waals surface area contributed by atoms with E-state index in [0.29, 0.717) is 21.4 Å². The monoisotopic (exact) mass is 437 g/mol. The van der Waals surface area contributed by atoms with E-state index in [1.54, 1.807) is 6.07 Å². The lowest BCUT2D eigenvalue weighted by atomic mass is 10.3. The van der Waals surface area contributed by atoms with Crippen molar-refractivity contribution in [1.82, 2.24) is 29.3 Å². The van der Waals surface area contributed by atoms with E-state index >= 15 is 0 Å². The van der Waals surface area contributed by atoms with Gasteiger partial charge in [0, 0.05) is 54.2 Å². The molecule has 0 saturated carbocycles. The van der Waals surface area contributed by atoms with Gasteiger partial charge in [-0.2, -0.15) is 0 Å². The minimum absolute atomic E-state index is 0.384. The molecular formula is C18H21Cl2N7S. The number of imidazole rings is 1. The molecule has 0 atom stereocenters. The fourth-order valence-corrected chi connectivity index (χ4v) is 4.88. The zero-order valence-corrected chi connectivity index (χ0v) is 17.8. The lowest BCUT2D eigenvalue weighted by molar-refractivity contribution is 0.149. The average molecular weight is 438 g/mol. The van der Waals surface area contributed by atoms with Crippen LogP contribution in [0.3, 0.4) is 0 Å². The molecule has 0 spiro atoms. The number of hydrogen-bond acceptors (Lipinski definition) is 7. The number of benzene rings is 1. The summed E-state index contributed by atoms with van der Waals surface area (Å²) in [7, 11) is 2.16. The minimum atomic E-state index is 0.384. The van der Waals surface area contributed by atoms with Gasteiger partial charge in [-0.05, 0) is 25.2 Å². The Labute approximate surface area is 177 Å². The van der Waals surface area contributed by atoms with Crippen molar-refractivity contribution in [2.45, 2.75) is 16.6 Å². The third-order valence-corrected chi connectivity index (χ3v) is 6.21. The molecular weight excluding hydrogens is 417 g/mol. The van der Waals surface area contributed by atoms with Crippen LogP contribution in [-0.4, -0.2) is 69.1 Å². The number of aromatic nitrogens is 4. The number of anilines is 1. The first kappa shape index (κ1) is 19.7. The van der Waals surface area contributed by atoms with Gasteiger partial charge in [0.15, 0.2) is 22.1 Å². The molecule has 0 unspecified atom stereocenters. The fourth-order valence-electron chi connectivity index (χ4n) is 3.22. The molecule has 3 heterocycles. The van der Waals surface area contributed by atoms with Crippen molar-refractivity contribution in [3.8, 4) is 0 Å². The number of hydrogen-bond donors (Lipinski definition) is 1. The van der Waals surface area contributed by atoms with Crippen molar-refractivity contribution in [3.63, 3.8) is 0 Å². The zero-order chi connectivity index (χ0) is 19.7. The minimum Gasteiger partial charge on any atom is -0.382 e. The summed E-state index contributed by atoms with van der Waals surface area (Å²) in [6, 6.07) is 5.46. The van der Waals surface area contributed by atoms with Gasteiger partial charge in [0.25, 0.3) is 0 Å². The van der Waals surface area contributed by atoms with Crippen LogP contribution >= 0.6 is 35.0 Å². The normalized spacial score (nSPS) is 16.1. The van der Waals surface area contributed by atoms with Crippen LogP contribution in [0.15, 0.2) is 34.6 Å². The summed E-state index contributed by atoms with van der Waals surface area (Å²) in [5.74, 6) is 0.384. The highest BCUT2D eigenvalue weighted by Gasteiger charge is 2.19. The molecule has 2 N–H and O–H groups in total. The topological polar surface area (TPSA) is 76.1 Å². The van der Waals surface area contributed by atoms with E-state index in [-0.39, 0.29) is 0 Å². The molecule has 1 fully saturated rings. The van der Waals surface area contributed by atoms with Crippen LogP contribution in [-0.2, 0) is 6.54 Å². The van der Waals surface area contributed by atoms with Gasteiger partial charge >= 0.3 is 0 Å². The smallest absolute Gasteiger partial charge is 0.175 e. The molecule has 3 aromatic rings. The van der Waals surface area contributed by atoms with Gasteiger partial charge in [0.05, 0.1) is 0 Å². The van der Waals surface area contributed by atoms with Crippen LogP contribution in [0.4, 0.5) is 5.82 Å². The number of piperazine rings is 1. The van der Waals surface area contributed by atoms with Crippen molar-refractivity contribution in [3.05, 3.63) is 34.6 Å². The molecule has 1 aliphatic heterocycles. The highest BCUT2D eigenvalue weighted by molar-refractivity contribution is 7.99. The van der Waals surface area contributed by atoms with Crippen LogP contribution in [0.1, 0.15) is 0 Å². The molecule has 0 aliphatic carbocycles. The van der Waals surface area contributed by atoms with Crippen molar-refractivity contribution in [2.75, 3.05) is 45.5 Å². The van der Waals surface area contributed by atoms with Crippen LogP contribution in [0.5, 0.6) is 0 Å². The predicted molar refractivity (Wildman–Crippen MR) is 114 cm³/mol. The fraction of sp³-hybridized carbons (Fsp3) is 0.389. The molecule has 1 aromatic carbocycles. The summed E-state index contributed by atoms with van der Waals surface area (Å²) < 4.78 is 2.10. The lowest BCUT2D eigenvalue weighted by Gasteiger charge is -2.32. The average Bonchev–Trinajstić information content (AvgIpc) is 2.99. The van der Waals surface area contributed by atoms with Crippen LogP contribution in [0, 0.1) is 0 Å². The molecule has 148 valence electrons. The maximum absolute atomic E-state index is 6.16. The summed E-state index contributed by atoms with van der Waals surface area (Å²) in [6.45, 7) is 5.99. The maximum Gasteiger partial charge on any atom is 0.175 e. The second-order valence-electron chi connectivity index (χ2n) is 6.83. The molecule has 4 rings (SSSR count). The van der Waals surface area contributed by atoms with Gasteiger partial charge in [-0.1, -0.05) is 35.0 Å². The summed E-state index contributed by atoms with van der Waals surface area (Å²) in [5.41, 5.74) is 7.41. The Hall–Kier alpha value is -1.58. The lowest BCUT2D eigenvalue weighted by Crippen LogP contribution is -2.45. The SMILES string of the molecule is CN1CCN(CCn2c(Sc3cc(Cl)cc(Cl)c3)nc3c(N)ncnc32)CC1. The van der Waals surface area contributed by atoms with Crippen LogP contribution in [0.25, 0.3) is 11.2 Å². The van der Waals surface area contributed by atoms with E-state index in [1.807, 2.05) is 12.1 Å². The first-order chi connectivity index (χ1) is 13.5. The second kappa shape index (κ2) is 8.42. The molecule has 7 nitrogen and oxygen atoms in total. The third kappa shape index (κ3) is 4.36. The van der Waals surface area contributed by atoms with Gasteiger partial charge in [0.1, 0.15) is 6.33 Å². The van der Waals surface area contributed by atoms with Crippen LogP contribution in [0.2, 0.25) is 10.0 Å².